The van der Waals surface area contributed by atoms with Crippen molar-refractivity contribution in [2.45, 2.75) is 31.8 Å². The van der Waals surface area contributed by atoms with E-state index in [4.69, 9.17) is 10.00 Å². The molecule has 0 spiro atoms. The highest BCUT2D eigenvalue weighted by molar-refractivity contribution is 7.90. The highest BCUT2D eigenvalue weighted by atomic mass is 32.2. The third-order valence-corrected chi connectivity index (χ3v) is 4.69. The summed E-state index contributed by atoms with van der Waals surface area (Å²) in [5, 5.41) is 9.05. The minimum atomic E-state index is -3.19. The van der Waals surface area contributed by atoms with Gasteiger partial charge >= 0.3 is 0 Å². The van der Waals surface area contributed by atoms with Crippen LogP contribution in [0.1, 0.15) is 30.5 Å². The monoisotopic (exact) mass is 343 g/mol. The zero-order valence-electron chi connectivity index (χ0n) is 14.1. The van der Waals surface area contributed by atoms with Crippen molar-refractivity contribution in [3.63, 3.8) is 0 Å². The van der Waals surface area contributed by atoms with Crippen LogP contribution in [-0.4, -0.2) is 14.7 Å². The summed E-state index contributed by atoms with van der Waals surface area (Å²) < 4.78 is 28.8. The van der Waals surface area contributed by atoms with Gasteiger partial charge in [0.05, 0.1) is 16.5 Å². The predicted molar refractivity (Wildman–Crippen MR) is 93.6 cm³/mol. The summed E-state index contributed by atoms with van der Waals surface area (Å²) in [5.41, 5.74) is 2.52. The van der Waals surface area contributed by atoms with Gasteiger partial charge in [0.2, 0.25) is 0 Å². The van der Waals surface area contributed by atoms with Crippen LogP contribution >= 0.6 is 0 Å². The Balaban J connectivity index is 2.15. The van der Waals surface area contributed by atoms with E-state index in [1.54, 1.807) is 30.3 Å². The number of ether oxygens (including phenoxy) is 1. The van der Waals surface area contributed by atoms with E-state index in [0.717, 1.165) is 23.3 Å². The van der Waals surface area contributed by atoms with Gasteiger partial charge in [-0.3, -0.25) is 0 Å². The van der Waals surface area contributed by atoms with Crippen LogP contribution in [0.3, 0.4) is 0 Å². The Bertz CT molecular complexity index is 847. The topological polar surface area (TPSA) is 67.2 Å². The first-order valence-corrected chi connectivity index (χ1v) is 9.63. The van der Waals surface area contributed by atoms with Crippen LogP contribution < -0.4 is 4.74 Å². The molecule has 0 atom stereocenters. The molecule has 2 aromatic carbocycles. The molecule has 4 nitrogen and oxygen atoms in total. The molecule has 0 heterocycles. The van der Waals surface area contributed by atoms with Crippen molar-refractivity contribution in [2.75, 3.05) is 6.26 Å². The Morgan fingerprint density at radius 1 is 1.12 bits per heavy atom. The third kappa shape index (κ3) is 4.84. The van der Waals surface area contributed by atoms with E-state index in [1.807, 2.05) is 12.1 Å². The minimum Gasteiger partial charge on any atom is -0.489 e. The zero-order valence-corrected chi connectivity index (χ0v) is 14.9. The molecule has 5 heteroatoms. The molecule has 2 aromatic rings. The summed E-state index contributed by atoms with van der Waals surface area (Å²) in [5.74, 6) is 1.21. The molecule has 0 aliphatic heterocycles. The first kappa shape index (κ1) is 18.0. The average molecular weight is 343 g/mol. The maximum absolute atomic E-state index is 11.5. The van der Waals surface area contributed by atoms with Crippen LogP contribution in [0.2, 0.25) is 0 Å². The number of hydrogen-bond donors (Lipinski definition) is 0. The quantitative estimate of drug-likeness (QED) is 0.801. The van der Waals surface area contributed by atoms with Crippen LogP contribution in [-0.2, 0) is 22.9 Å². The molecule has 0 saturated carbocycles. The Hall–Kier alpha value is -2.32. The fourth-order valence-corrected chi connectivity index (χ4v) is 3.01. The SMILES string of the molecule is CC(C)Cc1cc(C#N)ccc1OCc1ccc(S(C)(=O)=O)cc1. The Morgan fingerprint density at radius 3 is 2.33 bits per heavy atom. The first-order valence-electron chi connectivity index (χ1n) is 7.74. The zero-order chi connectivity index (χ0) is 17.7. The van der Waals surface area contributed by atoms with E-state index in [2.05, 4.69) is 19.9 Å². The van der Waals surface area contributed by atoms with Gasteiger partial charge in [-0.1, -0.05) is 26.0 Å². The van der Waals surface area contributed by atoms with Gasteiger partial charge in [-0.25, -0.2) is 8.42 Å². The molecule has 0 amide bonds. The first-order chi connectivity index (χ1) is 11.3. The minimum absolute atomic E-state index is 0.296. The average Bonchev–Trinajstić information content (AvgIpc) is 2.52. The maximum atomic E-state index is 11.5. The van der Waals surface area contributed by atoms with Gasteiger partial charge in [-0.15, -0.1) is 0 Å². The molecule has 0 aliphatic carbocycles. The summed E-state index contributed by atoms with van der Waals surface area (Å²) in [6, 6.07) is 14.2. The lowest BCUT2D eigenvalue weighted by Crippen LogP contribution is -2.03. The number of nitrogens with zero attached hydrogens (tertiary/aromatic N) is 1. The van der Waals surface area contributed by atoms with Gasteiger partial charge in [0.15, 0.2) is 9.84 Å². The van der Waals surface area contributed by atoms with Crippen molar-refractivity contribution >= 4 is 9.84 Å². The smallest absolute Gasteiger partial charge is 0.175 e. The number of sulfone groups is 1. The van der Waals surface area contributed by atoms with Crippen molar-refractivity contribution < 1.29 is 13.2 Å². The molecule has 0 saturated heterocycles. The molecule has 126 valence electrons. The van der Waals surface area contributed by atoms with Crippen molar-refractivity contribution in [1.82, 2.24) is 0 Å². The standard InChI is InChI=1S/C19H21NO3S/c1-14(2)10-17-11-16(12-20)6-9-19(17)23-13-15-4-7-18(8-5-15)24(3,21)22/h4-9,11,14H,10,13H2,1-3H3. The Morgan fingerprint density at radius 2 is 1.79 bits per heavy atom. The summed E-state index contributed by atoms with van der Waals surface area (Å²) in [7, 11) is -3.19. The van der Waals surface area contributed by atoms with Gasteiger partial charge < -0.3 is 4.74 Å². The van der Waals surface area contributed by atoms with Crippen LogP contribution in [0.25, 0.3) is 0 Å². The molecule has 24 heavy (non-hydrogen) atoms. The van der Waals surface area contributed by atoms with Crippen LogP contribution in [0.4, 0.5) is 0 Å². The Kier molecular flexibility index (Phi) is 5.63. The van der Waals surface area contributed by atoms with Gasteiger partial charge in [0.1, 0.15) is 12.4 Å². The van der Waals surface area contributed by atoms with Gasteiger partial charge in [-0.2, -0.15) is 5.26 Å². The summed E-state index contributed by atoms with van der Waals surface area (Å²) >= 11 is 0. The molecule has 0 N–H and O–H groups in total. The number of nitriles is 1. The number of hydrogen-bond acceptors (Lipinski definition) is 4. The fraction of sp³-hybridized carbons (Fsp3) is 0.316. The molecule has 0 aromatic heterocycles. The lowest BCUT2D eigenvalue weighted by Gasteiger charge is -2.14. The van der Waals surface area contributed by atoms with Gasteiger partial charge in [0.25, 0.3) is 0 Å². The van der Waals surface area contributed by atoms with Gasteiger partial charge in [0, 0.05) is 6.26 Å². The lowest BCUT2D eigenvalue weighted by molar-refractivity contribution is 0.301. The molecule has 0 aliphatic rings. The van der Waals surface area contributed by atoms with E-state index in [1.165, 1.54) is 6.26 Å². The van der Waals surface area contributed by atoms with Crippen molar-refractivity contribution in [1.29, 1.82) is 5.26 Å². The molecular formula is C19H21NO3S. The normalized spacial score (nSPS) is 11.3. The molecule has 0 bridgehead atoms. The van der Waals surface area contributed by atoms with Crippen molar-refractivity contribution in [2.24, 2.45) is 5.92 Å². The second-order valence-electron chi connectivity index (χ2n) is 6.24. The van der Waals surface area contributed by atoms with E-state index >= 15 is 0 Å². The molecule has 0 fully saturated rings. The molecule has 0 unspecified atom stereocenters. The van der Waals surface area contributed by atoms with Gasteiger partial charge in [-0.05, 0) is 53.8 Å². The maximum Gasteiger partial charge on any atom is 0.175 e. The fourth-order valence-electron chi connectivity index (χ4n) is 2.38. The number of benzene rings is 2. The van der Waals surface area contributed by atoms with Crippen LogP contribution in [0.15, 0.2) is 47.4 Å². The summed E-state index contributed by atoms with van der Waals surface area (Å²) in [4.78, 5) is 0.296. The van der Waals surface area contributed by atoms with Crippen molar-refractivity contribution in [3.8, 4) is 11.8 Å². The highest BCUT2D eigenvalue weighted by Crippen LogP contribution is 2.24. The summed E-state index contributed by atoms with van der Waals surface area (Å²) in [6.45, 7) is 4.58. The number of rotatable bonds is 6. The van der Waals surface area contributed by atoms with Crippen LogP contribution in [0, 0.1) is 17.2 Å². The van der Waals surface area contributed by atoms with Crippen molar-refractivity contribution in [3.05, 3.63) is 59.2 Å². The predicted octanol–water partition coefficient (Wildman–Crippen LogP) is 3.74. The molecule has 2 rings (SSSR count). The molecular weight excluding hydrogens is 322 g/mol. The largest absolute Gasteiger partial charge is 0.489 e. The van der Waals surface area contributed by atoms with E-state index in [-0.39, 0.29) is 0 Å². The second kappa shape index (κ2) is 7.50. The highest BCUT2D eigenvalue weighted by Gasteiger charge is 2.09. The lowest BCUT2D eigenvalue weighted by atomic mass is 10.0. The third-order valence-electron chi connectivity index (χ3n) is 3.56. The van der Waals surface area contributed by atoms with E-state index in [9.17, 15) is 8.42 Å². The molecule has 0 radical (unpaired) electrons. The Labute approximate surface area is 143 Å². The van der Waals surface area contributed by atoms with Crippen LogP contribution in [0.5, 0.6) is 5.75 Å². The summed E-state index contributed by atoms with van der Waals surface area (Å²) in [6.07, 6.45) is 2.02. The van der Waals surface area contributed by atoms with E-state index < -0.39 is 9.84 Å². The second-order valence-corrected chi connectivity index (χ2v) is 8.25. The van der Waals surface area contributed by atoms with E-state index in [0.29, 0.717) is 23.0 Å².